The Hall–Kier alpha value is -1.70. The van der Waals surface area contributed by atoms with Crippen LogP contribution in [0.15, 0.2) is 34.6 Å². The second-order valence-electron chi connectivity index (χ2n) is 4.52. The molecule has 0 unspecified atom stereocenters. The highest BCUT2D eigenvalue weighted by molar-refractivity contribution is 7.10. The van der Waals surface area contributed by atoms with Crippen molar-refractivity contribution in [1.29, 1.82) is 0 Å². The van der Waals surface area contributed by atoms with E-state index in [0.717, 1.165) is 21.2 Å². The van der Waals surface area contributed by atoms with E-state index in [0.29, 0.717) is 12.1 Å². The number of nitrogens with zero attached hydrogens (tertiary/aromatic N) is 1. The predicted molar refractivity (Wildman–Crippen MR) is 68.8 cm³/mol. The fraction of sp³-hybridized carbons (Fsp3) is 0.308. The lowest BCUT2D eigenvalue weighted by Crippen LogP contribution is -2.35. The van der Waals surface area contributed by atoms with Gasteiger partial charge in [-0.3, -0.25) is 4.79 Å². The van der Waals surface area contributed by atoms with Crippen molar-refractivity contribution in [2.24, 2.45) is 0 Å². The quantitative estimate of drug-likeness (QED) is 0.785. The normalized spacial score (nSPS) is 12.7. The first kappa shape index (κ1) is 15.7. The van der Waals surface area contributed by atoms with Gasteiger partial charge in [-0.1, -0.05) is 0 Å². The fourth-order valence-corrected chi connectivity index (χ4v) is 2.47. The van der Waals surface area contributed by atoms with Crippen LogP contribution in [0.25, 0.3) is 0 Å². The van der Waals surface area contributed by atoms with Crippen molar-refractivity contribution >= 4 is 11.3 Å². The van der Waals surface area contributed by atoms with E-state index in [1.54, 1.807) is 5.38 Å². The zero-order valence-electron chi connectivity index (χ0n) is 10.7. The van der Waals surface area contributed by atoms with Gasteiger partial charge in [0.25, 0.3) is 5.56 Å². The lowest BCUT2D eigenvalue weighted by molar-refractivity contribution is -0.289. The van der Waals surface area contributed by atoms with Crippen molar-refractivity contribution < 1.29 is 22.0 Å². The van der Waals surface area contributed by atoms with Crippen LogP contribution in [0.2, 0.25) is 0 Å². The van der Waals surface area contributed by atoms with Gasteiger partial charge < -0.3 is 4.57 Å². The Kier molecular flexibility index (Phi) is 3.92. The summed E-state index contributed by atoms with van der Waals surface area (Å²) in [4.78, 5) is 12.7. The predicted octanol–water partition coefficient (Wildman–Crippen LogP) is 3.92. The molecule has 21 heavy (non-hydrogen) atoms. The molecule has 0 aliphatic rings. The summed E-state index contributed by atoms with van der Waals surface area (Å²) in [7, 11) is 0. The lowest BCUT2D eigenvalue weighted by atomic mass is 10.1. The Morgan fingerprint density at radius 3 is 2.33 bits per heavy atom. The number of aromatic nitrogens is 1. The van der Waals surface area contributed by atoms with Gasteiger partial charge in [-0.05, 0) is 30.0 Å². The lowest BCUT2D eigenvalue weighted by Gasteiger charge is -2.19. The SMILES string of the molecule is Cc1cc(Cn2ccc(C(F)(F)C(F)(F)F)cc2=O)cs1. The number of pyridine rings is 1. The standard InChI is InChI=1S/C13H10F5NOS/c1-8-4-9(7-21-8)6-19-3-2-10(5-11(19)20)12(14,15)13(16,17)18/h2-5,7H,6H2,1H3. The molecule has 0 N–H and O–H groups in total. The van der Waals surface area contributed by atoms with Crippen LogP contribution in [0, 0.1) is 6.92 Å². The Morgan fingerprint density at radius 1 is 1.19 bits per heavy atom. The van der Waals surface area contributed by atoms with Gasteiger partial charge in [-0.25, -0.2) is 0 Å². The van der Waals surface area contributed by atoms with Crippen LogP contribution in [0.1, 0.15) is 16.0 Å². The molecular weight excluding hydrogens is 313 g/mol. The van der Waals surface area contributed by atoms with E-state index in [2.05, 4.69) is 0 Å². The van der Waals surface area contributed by atoms with Gasteiger partial charge in [0.15, 0.2) is 0 Å². The highest BCUT2D eigenvalue weighted by Crippen LogP contribution is 2.43. The molecule has 0 saturated carbocycles. The topological polar surface area (TPSA) is 22.0 Å². The Balaban J connectivity index is 2.32. The van der Waals surface area contributed by atoms with E-state index in [1.165, 1.54) is 11.3 Å². The average Bonchev–Trinajstić information content (AvgIpc) is 2.76. The van der Waals surface area contributed by atoms with Crippen LogP contribution in [-0.2, 0) is 12.5 Å². The van der Waals surface area contributed by atoms with Crippen molar-refractivity contribution in [1.82, 2.24) is 4.57 Å². The maximum Gasteiger partial charge on any atom is 0.458 e. The fourth-order valence-electron chi connectivity index (χ4n) is 1.77. The van der Waals surface area contributed by atoms with E-state index in [1.807, 2.05) is 13.0 Å². The maximum absolute atomic E-state index is 13.1. The van der Waals surface area contributed by atoms with E-state index in [4.69, 9.17) is 0 Å². The molecule has 0 atom stereocenters. The molecule has 0 aliphatic carbocycles. The molecule has 0 bridgehead atoms. The number of thiophene rings is 1. The number of alkyl halides is 5. The molecule has 2 nitrogen and oxygen atoms in total. The van der Waals surface area contributed by atoms with Gasteiger partial charge in [0, 0.05) is 22.7 Å². The summed E-state index contributed by atoms with van der Waals surface area (Å²) in [5.74, 6) is -5.04. The second-order valence-corrected chi connectivity index (χ2v) is 5.63. The van der Waals surface area contributed by atoms with Crippen LogP contribution >= 0.6 is 11.3 Å². The van der Waals surface area contributed by atoms with E-state index in [-0.39, 0.29) is 6.54 Å². The molecule has 0 amide bonds. The largest absolute Gasteiger partial charge is 0.458 e. The molecular formula is C13H10F5NOS. The molecule has 0 saturated heterocycles. The zero-order chi connectivity index (χ0) is 15.8. The van der Waals surface area contributed by atoms with Gasteiger partial charge in [0.1, 0.15) is 0 Å². The highest BCUT2D eigenvalue weighted by Gasteiger charge is 2.58. The second kappa shape index (κ2) is 5.25. The third-order valence-corrected chi connectivity index (χ3v) is 3.76. The van der Waals surface area contributed by atoms with Crippen LogP contribution in [0.5, 0.6) is 0 Å². The van der Waals surface area contributed by atoms with Crippen molar-refractivity contribution in [3.63, 3.8) is 0 Å². The van der Waals surface area contributed by atoms with Crippen molar-refractivity contribution in [2.45, 2.75) is 25.6 Å². The van der Waals surface area contributed by atoms with Crippen LogP contribution in [0.4, 0.5) is 22.0 Å². The summed E-state index contributed by atoms with van der Waals surface area (Å²) in [5, 5.41) is 1.79. The summed E-state index contributed by atoms with van der Waals surface area (Å²) in [6.07, 6.45) is -4.78. The molecule has 2 aromatic heterocycles. The third kappa shape index (κ3) is 3.15. The molecule has 2 aromatic rings. The number of hydrogen-bond acceptors (Lipinski definition) is 2. The van der Waals surface area contributed by atoms with Crippen molar-refractivity contribution in [3.05, 3.63) is 56.1 Å². The molecule has 0 radical (unpaired) electrons. The molecule has 2 rings (SSSR count). The summed E-state index contributed by atoms with van der Waals surface area (Å²) in [5.41, 5.74) is -1.46. The van der Waals surface area contributed by atoms with E-state index in [9.17, 15) is 26.7 Å². The summed E-state index contributed by atoms with van der Waals surface area (Å²) < 4.78 is 64.1. The number of aryl methyl sites for hydroxylation is 1. The molecule has 0 fully saturated rings. The molecule has 0 spiro atoms. The third-order valence-electron chi connectivity index (χ3n) is 2.85. The smallest absolute Gasteiger partial charge is 0.311 e. The minimum absolute atomic E-state index is 0.126. The first-order chi connectivity index (χ1) is 9.61. The minimum atomic E-state index is -5.73. The molecule has 0 aromatic carbocycles. The monoisotopic (exact) mass is 323 g/mol. The molecule has 8 heteroatoms. The zero-order valence-corrected chi connectivity index (χ0v) is 11.6. The van der Waals surface area contributed by atoms with Gasteiger partial charge in [0.2, 0.25) is 0 Å². The van der Waals surface area contributed by atoms with Gasteiger partial charge in [-0.15, -0.1) is 11.3 Å². The number of rotatable bonds is 3. The number of halogens is 5. The van der Waals surface area contributed by atoms with Crippen LogP contribution < -0.4 is 5.56 Å². The van der Waals surface area contributed by atoms with Crippen LogP contribution in [-0.4, -0.2) is 10.7 Å². The minimum Gasteiger partial charge on any atom is -0.311 e. The summed E-state index contributed by atoms with van der Waals surface area (Å²) >= 11 is 1.46. The van der Waals surface area contributed by atoms with Crippen molar-refractivity contribution in [3.8, 4) is 0 Å². The Labute approximate surface area is 120 Å². The first-order valence-electron chi connectivity index (χ1n) is 5.81. The Morgan fingerprint density at radius 2 is 1.86 bits per heavy atom. The van der Waals surface area contributed by atoms with Gasteiger partial charge in [0.05, 0.1) is 6.54 Å². The molecule has 114 valence electrons. The average molecular weight is 323 g/mol. The van der Waals surface area contributed by atoms with Crippen molar-refractivity contribution in [2.75, 3.05) is 0 Å². The maximum atomic E-state index is 13.1. The van der Waals surface area contributed by atoms with Crippen LogP contribution in [0.3, 0.4) is 0 Å². The summed E-state index contributed by atoms with van der Waals surface area (Å²) in [6.45, 7) is 1.99. The summed E-state index contributed by atoms with van der Waals surface area (Å²) in [6, 6.07) is 2.76. The number of hydrogen-bond donors (Lipinski definition) is 0. The van der Waals surface area contributed by atoms with Gasteiger partial charge >= 0.3 is 12.1 Å². The molecule has 0 aliphatic heterocycles. The van der Waals surface area contributed by atoms with E-state index < -0.39 is 23.2 Å². The Bertz CT molecular complexity index is 701. The van der Waals surface area contributed by atoms with E-state index >= 15 is 0 Å². The highest BCUT2D eigenvalue weighted by atomic mass is 32.1. The first-order valence-corrected chi connectivity index (χ1v) is 6.69. The molecule has 2 heterocycles. The van der Waals surface area contributed by atoms with Gasteiger partial charge in [-0.2, -0.15) is 22.0 Å².